The Morgan fingerprint density at radius 3 is 2.88 bits per heavy atom. The van der Waals surface area contributed by atoms with Crippen molar-refractivity contribution in [1.82, 2.24) is 9.78 Å². The summed E-state index contributed by atoms with van der Waals surface area (Å²) in [6, 6.07) is 1.82. The summed E-state index contributed by atoms with van der Waals surface area (Å²) < 4.78 is 7.60. The summed E-state index contributed by atoms with van der Waals surface area (Å²) in [6.45, 7) is 2.67. The smallest absolute Gasteiger partial charge is 0.145 e. The molecule has 0 amide bonds. The van der Waals surface area contributed by atoms with Gasteiger partial charge in [0.2, 0.25) is 0 Å². The minimum atomic E-state index is 0.591. The van der Waals surface area contributed by atoms with Crippen molar-refractivity contribution in [2.24, 2.45) is 5.92 Å². The third-order valence-corrected chi connectivity index (χ3v) is 3.42. The Bertz CT molecular complexity index is 318. The number of nitrogens with two attached hydrogens (primary N) is 1. The van der Waals surface area contributed by atoms with E-state index in [4.69, 9.17) is 10.5 Å². The van der Waals surface area contributed by atoms with E-state index in [0.717, 1.165) is 32.1 Å². The molecule has 2 N–H and O–H groups in total. The van der Waals surface area contributed by atoms with Crippen LogP contribution in [0, 0.1) is 5.92 Å². The number of nitrogens with zero attached hydrogens (tertiary/aromatic N) is 2. The van der Waals surface area contributed by atoms with Gasteiger partial charge in [0, 0.05) is 26.0 Å². The summed E-state index contributed by atoms with van der Waals surface area (Å²) in [5.74, 6) is 1.40. The van der Waals surface area contributed by atoms with Gasteiger partial charge in [-0.1, -0.05) is 19.3 Å². The topological polar surface area (TPSA) is 53.1 Å². The predicted octanol–water partition coefficient (Wildman–Crippen LogP) is 2.45. The standard InChI is InChI=1S/C13H23N3O/c14-13-7-9-16(15-13)8-4-10-17-11-12-5-2-1-3-6-12/h7,9,12H,1-6,8,10-11H2,(H2,14,15). The summed E-state index contributed by atoms with van der Waals surface area (Å²) >= 11 is 0. The molecule has 17 heavy (non-hydrogen) atoms. The number of rotatable bonds is 6. The van der Waals surface area contributed by atoms with Gasteiger partial charge in [-0.2, -0.15) is 5.10 Å². The molecule has 96 valence electrons. The van der Waals surface area contributed by atoms with Crippen LogP contribution >= 0.6 is 0 Å². The van der Waals surface area contributed by atoms with Gasteiger partial charge < -0.3 is 10.5 Å². The van der Waals surface area contributed by atoms with Gasteiger partial charge in [-0.3, -0.25) is 4.68 Å². The molecule has 0 bridgehead atoms. The van der Waals surface area contributed by atoms with Crippen LogP contribution in [-0.2, 0) is 11.3 Å². The minimum absolute atomic E-state index is 0.591. The van der Waals surface area contributed by atoms with Gasteiger partial charge in [0.25, 0.3) is 0 Å². The minimum Gasteiger partial charge on any atom is -0.382 e. The van der Waals surface area contributed by atoms with Crippen LogP contribution < -0.4 is 5.73 Å². The lowest BCUT2D eigenvalue weighted by Gasteiger charge is -2.21. The van der Waals surface area contributed by atoms with E-state index in [-0.39, 0.29) is 0 Å². The second kappa shape index (κ2) is 6.64. The molecule has 0 atom stereocenters. The maximum Gasteiger partial charge on any atom is 0.145 e. The highest BCUT2D eigenvalue weighted by molar-refractivity contribution is 5.23. The molecule has 1 saturated carbocycles. The second-order valence-electron chi connectivity index (χ2n) is 4.94. The molecule has 1 heterocycles. The zero-order valence-electron chi connectivity index (χ0n) is 10.5. The first-order valence-electron chi connectivity index (χ1n) is 6.71. The van der Waals surface area contributed by atoms with Gasteiger partial charge in [0.15, 0.2) is 0 Å². The van der Waals surface area contributed by atoms with Crippen molar-refractivity contribution >= 4 is 5.82 Å². The Morgan fingerprint density at radius 2 is 2.18 bits per heavy atom. The van der Waals surface area contributed by atoms with Crippen molar-refractivity contribution in [3.63, 3.8) is 0 Å². The fourth-order valence-electron chi connectivity index (χ4n) is 2.43. The number of ether oxygens (including phenoxy) is 1. The van der Waals surface area contributed by atoms with Crippen molar-refractivity contribution in [2.75, 3.05) is 18.9 Å². The van der Waals surface area contributed by atoms with Gasteiger partial charge >= 0.3 is 0 Å². The predicted molar refractivity (Wildman–Crippen MR) is 68.7 cm³/mol. The molecule has 0 aliphatic heterocycles. The number of hydrogen-bond donors (Lipinski definition) is 1. The summed E-state index contributed by atoms with van der Waals surface area (Å²) in [4.78, 5) is 0. The van der Waals surface area contributed by atoms with E-state index >= 15 is 0 Å². The lowest BCUT2D eigenvalue weighted by molar-refractivity contribution is 0.0812. The number of anilines is 1. The molecule has 1 aliphatic rings. The third-order valence-electron chi connectivity index (χ3n) is 3.42. The van der Waals surface area contributed by atoms with Gasteiger partial charge in [0.05, 0.1) is 0 Å². The Balaban J connectivity index is 1.51. The average Bonchev–Trinajstić information content (AvgIpc) is 2.76. The molecule has 0 saturated heterocycles. The van der Waals surface area contributed by atoms with E-state index in [9.17, 15) is 0 Å². The van der Waals surface area contributed by atoms with Gasteiger partial charge in [0.1, 0.15) is 5.82 Å². The summed E-state index contributed by atoms with van der Waals surface area (Å²) in [6.07, 6.45) is 9.83. The summed E-state index contributed by atoms with van der Waals surface area (Å²) in [5.41, 5.74) is 5.54. The Kier molecular flexibility index (Phi) is 4.86. The molecule has 4 nitrogen and oxygen atoms in total. The van der Waals surface area contributed by atoms with Gasteiger partial charge in [-0.15, -0.1) is 0 Å². The van der Waals surface area contributed by atoms with Crippen LogP contribution in [-0.4, -0.2) is 23.0 Å². The normalized spacial score (nSPS) is 17.4. The Hall–Kier alpha value is -1.03. The first-order chi connectivity index (χ1) is 8.34. The molecule has 1 aromatic rings. The molecule has 0 radical (unpaired) electrons. The van der Waals surface area contributed by atoms with Crippen LogP contribution in [0.1, 0.15) is 38.5 Å². The van der Waals surface area contributed by atoms with E-state index in [0.29, 0.717) is 5.82 Å². The summed E-state index contributed by atoms with van der Waals surface area (Å²) in [7, 11) is 0. The SMILES string of the molecule is Nc1ccn(CCCOCC2CCCCC2)n1. The number of nitrogen functional groups attached to an aromatic ring is 1. The first kappa shape index (κ1) is 12.4. The monoisotopic (exact) mass is 237 g/mol. The third kappa shape index (κ3) is 4.38. The lowest BCUT2D eigenvalue weighted by atomic mass is 9.90. The highest BCUT2D eigenvalue weighted by atomic mass is 16.5. The molecular formula is C13H23N3O. The van der Waals surface area contributed by atoms with E-state index in [2.05, 4.69) is 5.10 Å². The van der Waals surface area contributed by atoms with Crippen LogP contribution in [0.25, 0.3) is 0 Å². The number of hydrogen-bond acceptors (Lipinski definition) is 3. The molecule has 0 aromatic carbocycles. The van der Waals surface area contributed by atoms with Crippen LogP contribution in [0.3, 0.4) is 0 Å². The van der Waals surface area contributed by atoms with E-state index < -0.39 is 0 Å². The van der Waals surface area contributed by atoms with Crippen molar-refractivity contribution < 1.29 is 4.74 Å². The number of aryl methyl sites for hydroxylation is 1. The molecule has 1 fully saturated rings. The zero-order chi connectivity index (χ0) is 11.9. The van der Waals surface area contributed by atoms with Crippen LogP contribution in [0.2, 0.25) is 0 Å². The largest absolute Gasteiger partial charge is 0.382 e. The van der Waals surface area contributed by atoms with E-state index in [1.54, 1.807) is 0 Å². The molecule has 1 aliphatic carbocycles. The first-order valence-corrected chi connectivity index (χ1v) is 6.71. The van der Waals surface area contributed by atoms with Crippen molar-refractivity contribution in [2.45, 2.75) is 45.1 Å². The van der Waals surface area contributed by atoms with Crippen molar-refractivity contribution in [3.8, 4) is 0 Å². The average molecular weight is 237 g/mol. The molecule has 0 unspecified atom stereocenters. The molecule has 1 aromatic heterocycles. The fourth-order valence-corrected chi connectivity index (χ4v) is 2.43. The van der Waals surface area contributed by atoms with Crippen molar-refractivity contribution in [1.29, 1.82) is 0 Å². The quantitative estimate of drug-likeness (QED) is 0.773. The van der Waals surface area contributed by atoms with Gasteiger partial charge in [-0.25, -0.2) is 0 Å². The van der Waals surface area contributed by atoms with Crippen LogP contribution in [0.15, 0.2) is 12.3 Å². The van der Waals surface area contributed by atoms with E-state index in [1.165, 1.54) is 32.1 Å². The van der Waals surface area contributed by atoms with Gasteiger partial charge in [-0.05, 0) is 31.2 Å². The molecule has 4 heteroatoms. The Morgan fingerprint density at radius 1 is 1.35 bits per heavy atom. The van der Waals surface area contributed by atoms with Crippen LogP contribution in [0.4, 0.5) is 5.82 Å². The highest BCUT2D eigenvalue weighted by Crippen LogP contribution is 2.23. The molecule has 2 rings (SSSR count). The molecular weight excluding hydrogens is 214 g/mol. The fraction of sp³-hybridized carbons (Fsp3) is 0.769. The maximum absolute atomic E-state index is 5.73. The summed E-state index contributed by atoms with van der Waals surface area (Å²) in [5, 5.41) is 4.14. The van der Waals surface area contributed by atoms with Crippen molar-refractivity contribution in [3.05, 3.63) is 12.3 Å². The second-order valence-corrected chi connectivity index (χ2v) is 4.94. The Labute approximate surface area is 103 Å². The maximum atomic E-state index is 5.73. The zero-order valence-corrected chi connectivity index (χ0v) is 10.5. The van der Waals surface area contributed by atoms with Crippen LogP contribution in [0.5, 0.6) is 0 Å². The highest BCUT2D eigenvalue weighted by Gasteiger charge is 2.12. The number of aromatic nitrogens is 2. The lowest BCUT2D eigenvalue weighted by Crippen LogP contribution is -2.14. The van der Waals surface area contributed by atoms with E-state index in [1.807, 2.05) is 16.9 Å². The molecule has 0 spiro atoms.